The summed E-state index contributed by atoms with van der Waals surface area (Å²) in [5, 5.41) is 3.27. The van der Waals surface area contributed by atoms with Crippen LogP contribution in [0.5, 0.6) is 5.75 Å². The number of ether oxygens (including phenoxy) is 1. The van der Waals surface area contributed by atoms with Crippen LogP contribution in [0.2, 0.25) is 0 Å². The highest BCUT2D eigenvalue weighted by Crippen LogP contribution is 2.32. The highest BCUT2D eigenvalue weighted by atomic mass is 32.2. The van der Waals surface area contributed by atoms with E-state index in [9.17, 15) is 8.42 Å². The third-order valence-corrected chi connectivity index (χ3v) is 5.04. The molecule has 5 nitrogen and oxygen atoms in total. The van der Waals surface area contributed by atoms with E-state index in [0.29, 0.717) is 11.7 Å². The van der Waals surface area contributed by atoms with Crippen molar-refractivity contribution >= 4 is 15.7 Å². The van der Waals surface area contributed by atoms with E-state index in [-0.39, 0.29) is 4.90 Å². The molecule has 1 saturated carbocycles. The Kier molecular flexibility index (Phi) is 4.01. The van der Waals surface area contributed by atoms with Gasteiger partial charge in [-0.3, -0.25) is 0 Å². The molecule has 1 N–H and O–H groups in total. The zero-order valence-corrected chi connectivity index (χ0v) is 12.3. The first-order valence-corrected chi connectivity index (χ1v) is 7.73. The Labute approximate surface area is 114 Å². The van der Waals surface area contributed by atoms with Crippen molar-refractivity contribution in [2.45, 2.75) is 17.7 Å². The van der Waals surface area contributed by atoms with Gasteiger partial charge in [0.2, 0.25) is 10.0 Å². The number of methoxy groups -OCH3 is 1. The molecule has 0 saturated heterocycles. The number of rotatable bonds is 6. The molecule has 0 aliphatic heterocycles. The van der Waals surface area contributed by atoms with E-state index in [2.05, 4.69) is 5.32 Å². The summed E-state index contributed by atoms with van der Waals surface area (Å²) < 4.78 is 30.6. The fourth-order valence-corrected chi connectivity index (χ4v) is 2.70. The molecule has 0 unspecified atom stereocenters. The first-order valence-electron chi connectivity index (χ1n) is 6.29. The minimum absolute atomic E-state index is 0.275. The minimum Gasteiger partial charge on any atom is -0.495 e. The van der Waals surface area contributed by atoms with Crippen LogP contribution in [-0.4, -0.2) is 40.5 Å². The molecule has 19 heavy (non-hydrogen) atoms. The lowest BCUT2D eigenvalue weighted by Gasteiger charge is -2.15. The lowest BCUT2D eigenvalue weighted by atomic mass is 10.3. The van der Waals surface area contributed by atoms with Crippen molar-refractivity contribution in [3.63, 3.8) is 0 Å². The summed E-state index contributed by atoms with van der Waals surface area (Å²) in [6.07, 6.45) is 2.48. The maximum Gasteiger partial charge on any atom is 0.242 e. The fourth-order valence-electron chi connectivity index (χ4n) is 1.77. The predicted octanol–water partition coefficient (Wildman–Crippen LogP) is 1.77. The second-order valence-corrected chi connectivity index (χ2v) is 7.13. The van der Waals surface area contributed by atoms with Crippen LogP contribution in [0.25, 0.3) is 0 Å². The molecule has 6 heteroatoms. The molecule has 0 spiro atoms. The van der Waals surface area contributed by atoms with Crippen molar-refractivity contribution in [3.05, 3.63) is 18.2 Å². The molecule has 1 aliphatic rings. The monoisotopic (exact) mass is 284 g/mol. The number of sulfonamides is 1. The molecule has 0 bridgehead atoms. The number of hydrogen-bond donors (Lipinski definition) is 1. The predicted molar refractivity (Wildman–Crippen MR) is 75.1 cm³/mol. The van der Waals surface area contributed by atoms with Crippen molar-refractivity contribution in [2.24, 2.45) is 5.92 Å². The molecule has 1 fully saturated rings. The van der Waals surface area contributed by atoms with Gasteiger partial charge in [0.1, 0.15) is 5.75 Å². The van der Waals surface area contributed by atoms with Gasteiger partial charge in [-0.25, -0.2) is 12.7 Å². The average molecular weight is 284 g/mol. The van der Waals surface area contributed by atoms with Gasteiger partial charge in [-0.15, -0.1) is 0 Å². The summed E-state index contributed by atoms with van der Waals surface area (Å²) in [7, 11) is 1.22. The number of hydrogen-bond acceptors (Lipinski definition) is 4. The molecule has 1 aromatic carbocycles. The quantitative estimate of drug-likeness (QED) is 0.865. The topological polar surface area (TPSA) is 58.6 Å². The van der Waals surface area contributed by atoms with Gasteiger partial charge in [0, 0.05) is 20.6 Å². The van der Waals surface area contributed by atoms with Crippen LogP contribution in [0.4, 0.5) is 5.69 Å². The largest absolute Gasteiger partial charge is 0.495 e. The molecule has 0 aromatic heterocycles. The first-order chi connectivity index (χ1) is 8.95. The standard InChI is InChI=1S/C13H20N2O3S/c1-15(2)19(16,17)11-6-7-13(18-3)12(8-11)14-9-10-4-5-10/h6-8,10,14H,4-5,9H2,1-3H3. The van der Waals surface area contributed by atoms with Gasteiger partial charge in [0.15, 0.2) is 0 Å². The van der Waals surface area contributed by atoms with Gasteiger partial charge in [-0.05, 0) is 37.0 Å². The van der Waals surface area contributed by atoms with Crippen LogP contribution in [0.15, 0.2) is 23.1 Å². The zero-order chi connectivity index (χ0) is 14.0. The van der Waals surface area contributed by atoms with E-state index in [0.717, 1.165) is 12.2 Å². The van der Waals surface area contributed by atoms with Crippen molar-refractivity contribution < 1.29 is 13.2 Å². The normalized spacial score (nSPS) is 15.6. The number of benzene rings is 1. The van der Waals surface area contributed by atoms with Crippen LogP contribution >= 0.6 is 0 Å². The zero-order valence-electron chi connectivity index (χ0n) is 11.5. The average Bonchev–Trinajstić information content (AvgIpc) is 3.19. The minimum atomic E-state index is -3.41. The Balaban J connectivity index is 2.28. The molecule has 2 rings (SSSR count). The molecular weight excluding hydrogens is 264 g/mol. The van der Waals surface area contributed by atoms with Gasteiger partial charge in [0.25, 0.3) is 0 Å². The molecule has 1 aliphatic carbocycles. The lowest BCUT2D eigenvalue weighted by Crippen LogP contribution is -2.22. The van der Waals surface area contributed by atoms with Crippen molar-refractivity contribution in [1.29, 1.82) is 0 Å². The molecule has 0 atom stereocenters. The Morgan fingerprint density at radius 2 is 2.05 bits per heavy atom. The van der Waals surface area contributed by atoms with Crippen molar-refractivity contribution in [1.82, 2.24) is 4.31 Å². The summed E-state index contributed by atoms with van der Waals surface area (Å²) in [5.74, 6) is 1.37. The summed E-state index contributed by atoms with van der Waals surface area (Å²) in [4.78, 5) is 0.275. The number of nitrogens with zero attached hydrogens (tertiary/aromatic N) is 1. The van der Waals surface area contributed by atoms with Gasteiger partial charge < -0.3 is 10.1 Å². The van der Waals surface area contributed by atoms with Gasteiger partial charge in [-0.1, -0.05) is 0 Å². The van der Waals surface area contributed by atoms with E-state index in [4.69, 9.17) is 4.74 Å². The van der Waals surface area contributed by atoms with Gasteiger partial charge >= 0.3 is 0 Å². The molecule has 0 heterocycles. The fraction of sp³-hybridized carbons (Fsp3) is 0.538. The second-order valence-electron chi connectivity index (χ2n) is 4.97. The first kappa shape index (κ1) is 14.1. The van der Waals surface area contributed by atoms with Gasteiger partial charge in [0.05, 0.1) is 17.7 Å². The van der Waals surface area contributed by atoms with E-state index in [1.54, 1.807) is 25.3 Å². The molecule has 0 amide bonds. The third kappa shape index (κ3) is 3.19. The smallest absolute Gasteiger partial charge is 0.242 e. The Morgan fingerprint density at radius 3 is 2.58 bits per heavy atom. The van der Waals surface area contributed by atoms with E-state index in [1.165, 1.54) is 31.2 Å². The van der Waals surface area contributed by atoms with E-state index in [1.807, 2.05) is 0 Å². The maximum absolute atomic E-state index is 12.1. The summed E-state index contributed by atoms with van der Waals surface area (Å²) in [6.45, 7) is 0.863. The lowest BCUT2D eigenvalue weighted by molar-refractivity contribution is 0.416. The van der Waals surface area contributed by atoms with E-state index < -0.39 is 10.0 Å². The Hall–Kier alpha value is -1.27. The highest BCUT2D eigenvalue weighted by Gasteiger charge is 2.22. The van der Waals surface area contributed by atoms with Gasteiger partial charge in [-0.2, -0.15) is 0 Å². The van der Waals surface area contributed by atoms with Crippen molar-refractivity contribution in [3.8, 4) is 5.75 Å². The summed E-state index contributed by atoms with van der Waals surface area (Å²) >= 11 is 0. The molecule has 106 valence electrons. The highest BCUT2D eigenvalue weighted by molar-refractivity contribution is 7.89. The number of anilines is 1. The van der Waals surface area contributed by atoms with Crippen LogP contribution < -0.4 is 10.1 Å². The van der Waals surface area contributed by atoms with Crippen LogP contribution in [0.3, 0.4) is 0 Å². The number of nitrogens with one attached hydrogen (secondary N) is 1. The summed E-state index contributed by atoms with van der Waals surface area (Å²) in [6, 6.07) is 4.89. The van der Waals surface area contributed by atoms with Crippen LogP contribution in [0.1, 0.15) is 12.8 Å². The molecule has 0 radical (unpaired) electrons. The van der Waals surface area contributed by atoms with Crippen molar-refractivity contribution in [2.75, 3.05) is 33.1 Å². The molecule has 1 aromatic rings. The third-order valence-electron chi connectivity index (χ3n) is 3.23. The molecular formula is C13H20N2O3S. The Bertz CT molecular complexity index is 551. The second kappa shape index (κ2) is 5.38. The Morgan fingerprint density at radius 1 is 1.37 bits per heavy atom. The van der Waals surface area contributed by atoms with Crippen LogP contribution in [-0.2, 0) is 10.0 Å². The SMILES string of the molecule is COc1ccc(S(=O)(=O)N(C)C)cc1NCC1CC1. The van der Waals surface area contributed by atoms with Crippen LogP contribution in [0, 0.1) is 5.92 Å². The summed E-state index contributed by atoms with van der Waals surface area (Å²) in [5.41, 5.74) is 0.734. The van der Waals surface area contributed by atoms with E-state index >= 15 is 0 Å². The maximum atomic E-state index is 12.1.